The molecule has 2 fully saturated rings. The highest BCUT2D eigenvalue weighted by Gasteiger charge is 2.47. The quantitative estimate of drug-likeness (QED) is 0.459. The lowest BCUT2D eigenvalue weighted by Gasteiger charge is -2.36. The van der Waals surface area contributed by atoms with Crippen molar-refractivity contribution in [1.82, 2.24) is 29.8 Å². The number of hydrogen-bond acceptors (Lipinski definition) is 10. The lowest BCUT2D eigenvalue weighted by molar-refractivity contribution is -0.131. The van der Waals surface area contributed by atoms with E-state index in [4.69, 9.17) is 0 Å². The first kappa shape index (κ1) is 26.3. The topological polar surface area (TPSA) is 145 Å². The Labute approximate surface area is 221 Å². The Morgan fingerprint density at radius 1 is 1.21 bits per heavy atom. The Morgan fingerprint density at radius 2 is 1.92 bits per heavy atom. The van der Waals surface area contributed by atoms with Gasteiger partial charge >= 0.3 is 0 Å². The molecule has 1 amide bonds. The van der Waals surface area contributed by atoms with Crippen molar-refractivity contribution in [3.8, 4) is 16.8 Å². The minimum Gasteiger partial charge on any atom is -0.366 e. The van der Waals surface area contributed by atoms with Gasteiger partial charge in [0.2, 0.25) is 15.9 Å². The monoisotopic (exact) mass is 562 g/mol. The first-order valence-electron chi connectivity index (χ1n) is 12.0. The zero-order valence-corrected chi connectivity index (χ0v) is 22.2. The smallest absolute Gasteiger partial charge is 0.291 e. The Bertz CT molecular complexity index is 1560. The molecule has 0 bridgehead atoms. The number of halogens is 2. The average Bonchev–Trinajstić information content (AvgIpc) is 3.48. The van der Waals surface area contributed by atoms with Gasteiger partial charge in [-0.15, -0.1) is 10.2 Å². The van der Waals surface area contributed by atoms with Gasteiger partial charge in [0.1, 0.15) is 17.1 Å². The third-order valence-electron chi connectivity index (χ3n) is 6.58. The maximum Gasteiger partial charge on any atom is 0.291 e. The second-order valence-electron chi connectivity index (χ2n) is 9.22. The molecule has 1 aliphatic carbocycles. The van der Waals surface area contributed by atoms with Crippen molar-refractivity contribution in [3.63, 3.8) is 0 Å². The van der Waals surface area contributed by atoms with Gasteiger partial charge in [0, 0.05) is 38.0 Å². The summed E-state index contributed by atoms with van der Waals surface area (Å²) in [7, 11) is -4.14. The zero-order chi connectivity index (χ0) is 27.2. The predicted octanol–water partition coefficient (Wildman–Crippen LogP) is 2.79. The molecule has 1 aliphatic heterocycles. The van der Waals surface area contributed by atoms with Gasteiger partial charge in [0.15, 0.2) is 10.0 Å². The van der Waals surface area contributed by atoms with Crippen molar-refractivity contribution in [2.24, 2.45) is 0 Å². The fourth-order valence-corrected chi connectivity index (χ4v) is 6.50. The first-order chi connectivity index (χ1) is 18.1. The van der Waals surface area contributed by atoms with Gasteiger partial charge in [-0.2, -0.15) is 9.98 Å². The Hall–Kier alpha value is -3.35. The van der Waals surface area contributed by atoms with Crippen LogP contribution in [0.2, 0.25) is 0 Å². The second kappa shape index (κ2) is 9.75. The summed E-state index contributed by atoms with van der Waals surface area (Å²) in [5.41, 5.74) is -0.0232. The van der Waals surface area contributed by atoms with E-state index in [9.17, 15) is 27.3 Å². The molecule has 5 rings (SSSR count). The number of amides is 1. The molecule has 1 aromatic carbocycles. The number of rotatable bonds is 7. The van der Waals surface area contributed by atoms with Gasteiger partial charge in [0.25, 0.3) is 6.43 Å². The molecule has 2 aliphatic rings. The van der Waals surface area contributed by atoms with Crippen molar-refractivity contribution < 1.29 is 22.0 Å². The standard InChI is InChI=1S/C23H24F2N8O3S2/c1-3-17(34)33-8-6-32(7-9-33)16-11-14(38(35,36)31-23(12-26)4-5-23)10-15-18(16)27-13(2)28-19(15)21-29-30-22(37-21)20(24)25/h10-11,20,31H,3-9H2,1-2H3. The number of aromatic nitrogens is 4. The maximum atomic E-state index is 13.4. The lowest BCUT2D eigenvalue weighted by atomic mass is 10.1. The number of hydrogen-bond donors (Lipinski definition) is 1. The third-order valence-corrected chi connectivity index (χ3v) is 9.03. The Morgan fingerprint density at radius 3 is 2.50 bits per heavy atom. The molecule has 200 valence electrons. The average molecular weight is 563 g/mol. The normalized spacial score (nSPS) is 17.2. The van der Waals surface area contributed by atoms with Crippen LogP contribution in [-0.4, -0.2) is 71.1 Å². The summed E-state index contributed by atoms with van der Waals surface area (Å²) in [6.07, 6.45) is -1.60. The number of anilines is 1. The lowest BCUT2D eigenvalue weighted by Crippen LogP contribution is -2.48. The van der Waals surface area contributed by atoms with Crippen LogP contribution in [0.4, 0.5) is 14.5 Å². The molecule has 2 aromatic heterocycles. The molecule has 1 N–H and O–H groups in total. The van der Waals surface area contributed by atoms with Gasteiger partial charge in [-0.1, -0.05) is 18.3 Å². The molecule has 1 saturated carbocycles. The van der Waals surface area contributed by atoms with Gasteiger partial charge in [-0.3, -0.25) is 4.79 Å². The van der Waals surface area contributed by atoms with E-state index < -0.39 is 27.0 Å². The second-order valence-corrected chi connectivity index (χ2v) is 11.9. The number of nitriles is 1. The van der Waals surface area contributed by atoms with Crippen molar-refractivity contribution >= 4 is 43.9 Å². The number of aryl methyl sites for hydroxylation is 1. The van der Waals surface area contributed by atoms with Crippen molar-refractivity contribution in [2.45, 2.75) is 50.0 Å². The predicted molar refractivity (Wildman–Crippen MR) is 135 cm³/mol. The largest absolute Gasteiger partial charge is 0.366 e. The molecule has 0 atom stereocenters. The molecule has 38 heavy (non-hydrogen) atoms. The van der Waals surface area contributed by atoms with Gasteiger partial charge in [-0.05, 0) is 31.9 Å². The summed E-state index contributed by atoms with van der Waals surface area (Å²) in [5.74, 6) is 0.380. The fourth-order valence-electron chi connectivity index (χ4n) is 4.38. The summed E-state index contributed by atoms with van der Waals surface area (Å²) >= 11 is 0.674. The number of sulfonamides is 1. The van der Waals surface area contributed by atoms with Crippen molar-refractivity contribution in [3.05, 3.63) is 23.0 Å². The highest BCUT2D eigenvalue weighted by molar-refractivity contribution is 7.89. The summed E-state index contributed by atoms with van der Waals surface area (Å²) in [5, 5.41) is 16.8. The van der Waals surface area contributed by atoms with Crippen LogP contribution in [0.1, 0.15) is 43.4 Å². The number of piperazine rings is 1. The van der Waals surface area contributed by atoms with E-state index in [-0.39, 0.29) is 21.5 Å². The zero-order valence-electron chi connectivity index (χ0n) is 20.6. The first-order valence-corrected chi connectivity index (χ1v) is 14.3. The Balaban J connectivity index is 1.66. The van der Waals surface area contributed by atoms with Crippen LogP contribution in [0.3, 0.4) is 0 Å². The number of nitrogens with one attached hydrogen (secondary N) is 1. The van der Waals surface area contributed by atoms with E-state index in [0.29, 0.717) is 79.2 Å². The minimum atomic E-state index is -4.14. The van der Waals surface area contributed by atoms with Crippen LogP contribution < -0.4 is 9.62 Å². The van der Waals surface area contributed by atoms with E-state index in [0.717, 1.165) is 0 Å². The van der Waals surface area contributed by atoms with E-state index in [2.05, 4.69) is 24.9 Å². The number of carbonyl (C=O) groups is 1. The third kappa shape index (κ3) is 4.91. The van der Waals surface area contributed by atoms with Crippen LogP contribution in [0, 0.1) is 18.3 Å². The number of fused-ring (bicyclic) bond motifs is 1. The number of nitrogens with zero attached hydrogens (tertiary/aromatic N) is 7. The molecule has 0 unspecified atom stereocenters. The fraction of sp³-hybridized carbons (Fsp3) is 0.478. The molecule has 1 saturated heterocycles. The highest BCUT2D eigenvalue weighted by atomic mass is 32.2. The van der Waals surface area contributed by atoms with Crippen molar-refractivity contribution in [2.75, 3.05) is 31.1 Å². The van der Waals surface area contributed by atoms with Crippen LogP contribution >= 0.6 is 11.3 Å². The SMILES string of the molecule is CCC(=O)N1CCN(c2cc(S(=O)(=O)NC3(C#N)CC3)cc3c(-c4nnc(C(F)F)s4)nc(C)nc23)CC1. The van der Waals surface area contributed by atoms with Gasteiger partial charge in [-0.25, -0.2) is 27.2 Å². The van der Waals surface area contributed by atoms with E-state index in [1.54, 1.807) is 18.7 Å². The van der Waals surface area contributed by atoms with Gasteiger partial charge in [0.05, 0.1) is 22.2 Å². The summed E-state index contributed by atoms with van der Waals surface area (Å²) in [4.78, 5) is 24.8. The van der Waals surface area contributed by atoms with Crippen LogP contribution in [0.15, 0.2) is 17.0 Å². The molecule has 15 heteroatoms. The minimum absolute atomic E-state index is 0.0350. The summed E-state index contributed by atoms with van der Waals surface area (Å²) in [6, 6.07) is 4.90. The highest BCUT2D eigenvalue weighted by Crippen LogP contribution is 2.39. The summed E-state index contributed by atoms with van der Waals surface area (Å²) in [6.45, 7) is 5.22. The van der Waals surface area contributed by atoms with Crippen molar-refractivity contribution in [1.29, 1.82) is 5.26 Å². The molecule has 3 aromatic rings. The summed E-state index contributed by atoms with van der Waals surface area (Å²) < 4.78 is 55.8. The number of benzene rings is 1. The maximum absolute atomic E-state index is 13.4. The van der Waals surface area contributed by atoms with Crippen LogP contribution in [-0.2, 0) is 14.8 Å². The van der Waals surface area contributed by atoms with E-state index >= 15 is 0 Å². The molecule has 3 heterocycles. The molecular formula is C23H24F2N8O3S2. The molecule has 11 nitrogen and oxygen atoms in total. The number of alkyl halides is 2. The van der Waals surface area contributed by atoms with E-state index in [1.807, 2.05) is 11.0 Å². The van der Waals surface area contributed by atoms with Gasteiger partial charge < -0.3 is 9.80 Å². The molecular weight excluding hydrogens is 538 g/mol. The van der Waals surface area contributed by atoms with Crippen LogP contribution in [0.5, 0.6) is 0 Å². The molecule has 0 spiro atoms. The Kier molecular flexibility index (Phi) is 6.74. The van der Waals surface area contributed by atoms with Crippen LogP contribution in [0.25, 0.3) is 21.6 Å². The molecule has 0 radical (unpaired) electrons. The van der Waals surface area contributed by atoms with E-state index in [1.165, 1.54) is 12.1 Å². The number of carbonyl (C=O) groups excluding carboxylic acids is 1.